The second kappa shape index (κ2) is 7.59. The molecular weight excluding hydrogens is 260 g/mol. The van der Waals surface area contributed by atoms with Crippen molar-refractivity contribution in [2.75, 3.05) is 13.2 Å². The SMILES string of the molecule is CCC(=O)NC(C)(C)C(=O)NC(C)C(C)(C)OCCO. The Morgan fingerprint density at radius 1 is 1.25 bits per heavy atom. The number of hydrogen-bond donors (Lipinski definition) is 3. The fraction of sp³-hybridized carbons (Fsp3) is 0.857. The number of nitrogens with one attached hydrogen (secondary N) is 2. The summed E-state index contributed by atoms with van der Waals surface area (Å²) in [5, 5.41) is 14.3. The van der Waals surface area contributed by atoms with Gasteiger partial charge >= 0.3 is 0 Å². The number of hydrogen-bond acceptors (Lipinski definition) is 4. The van der Waals surface area contributed by atoms with Crippen LogP contribution in [0.5, 0.6) is 0 Å². The number of aliphatic hydroxyl groups is 1. The molecule has 0 rings (SSSR count). The number of ether oxygens (including phenoxy) is 1. The molecule has 0 heterocycles. The molecule has 0 saturated heterocycles. The highest BCUT2D eigenvalue weighted by Gasteiger charge is 2.34. The molecule has 0 aromatic rings. The first kappa shape index (κ1) is 18.9. The third-order valence-electron chi connectivity index (χ3n) is 3.30. The Morgan fingerprint density at radius 3 is 2.25 bits per heavy atom. The number of aliphatic hydroxyl groups excluding tert-OH is 1. The minimum absolute atomic E-state index is 0.0673. The molecule has 0 radical (unpaired) electrons. The lowest BCUT2D eigenvalue weighted by atomic mass is 9.97. The van der Waals surface area contributed by atoms with Crippen LogP contribution < -0.4 is 10.6 Å². The van der Waals surface area contributed by atoms with Crippen LogP contribution in [0.25, 0.3) is 0 Å². The van der Waals surface area contributed by atoms with E-state index in [4.69, 9.17) is 9.84 Å². The third-order valence-corrected chi connectivity index (χ3v) is 3.30. The van der Waals surface area contributed by atoms with Crippen LogP contribution in [-0.2, 0) is 14.3 Å². The molecule has 0 aliphatic heterocycles. The van der Waals surface area contributed by atoms with Crippen LogP contribution in [0.4, 0.5) is 0 Å². The summed E-state index contributed by atoms with van der Waals surface area (Å²) in [6, 6.07) is -0.264. The summed E-state index contributed by atoms with van der Waals surface area (Å²) in [5.41, 5.74) is -1.59. The first-order valence-corrected chi connectivity index (χ1v) is 6.93. The molecule has 0 aliphatic carbocycles. The Morgan fingerprint density at radius 2 is 1.80 bits per heavy atom. The summed E-state index contributed by atoms with van der Waals surface area (Å²) >= 11 is 0. The highest BCUT2D eigenvalue weighted by atomic mass is 16.5. The Kier molecular flexibility index (Phi) is 7.16. The van der Waals surface area contributed by atoms with Crippen LogP contribution in [0.15, 0.2) is 0 Å². The quantitative estimate of drug-likeness (QED) is 0.610. The van der Waals surface area contributed by atoms with E-state index in [9.17, 15) is 9.59 Å². The van der Waals surface area contributed by atoms with Crippen LogP contribution in [0.1, 0.15) is 48.0 Å². The van der Waals surface area contributed by atoms with E-state index in [-0.39, 0.29) is 31.1 Å². The second-order valence-corrected chi connectivity index (χ2v) is 5.90. The Balaban J connectivity index is 4.61. The van der Waals surface area contributed by atoms with Gasteiger partial charge in [-0.25, -0.2) is 0 Å². The second-order valence-electron chi connectivity index (χ2n) is 5.90. The van der Waals surface area contributed by atoms with E-state index in [0.717, 1.165) is 0 Å². The normalized spacial score (nSPS) is 13.8. The molecule has 6 heteroatoms. The molecule has 2 amide bonds. The van der Waals surface area contributed by atoms with E-state index >= 15 is 0 Å². The fourth-order valence-electron chi connectivity index (χ4n) is 1.48. The van der Waals surface area contributed by atoms with E-state index in [0.29, 0.717) is 6.42 Å². The van der Waals surface area contributed by atoms with E-state index in [1.165, 1.54) is 0 Å². The van der Waals surface area contributed by atoms with Crippen molar-refractivity contribution in [2.24, 2.45) is 0 Å². The number of rotatable bonds is 8. The standard InChI is InChI=1S/C14H28N2O4/c1-7-11(18)16-13(3,4)12(19)15-10(2)14(5,6)20-9-8-17/h10,17H,7-9H2,1-6H3,(H,15,19)(H,16,18). The predicted octanol–water partition coefficient (Wildman–Crippen LogP) is 0.583. The van der Waals surface area contributed by atoms with Crippen molar-refractivity contribution in [2.45, 2.75) is 65.1 Å². The molecule has 1 atom stereocenters. The maximum atomic E-state index is 12.2. The van der Waals surface area contributed by atoms with Crippen molar-refractivity contribution in [1.29, 1.82) is 0 Å². The van der Waals surface area contributed by atoms with Gasteiger partial charge in [0.2, 0.25) is 11.8 Å². The van der Waals surface area contributed by atoms with Gasteiger partial charge in [-0.2, -0.15) is 0 Å². The highest BCUT2D eigenvalue weighted by molar-refractivity contribution is 5.90. The maximum Gasteiger partial charge on any atom is 0.245 e. The molecule has 118 valence electrons. The van der Waals surface area contributed by atoms with Gasteiger partial charge in [-0.3, -0.25) is 9.59 Å². The van der Waals surface area contributed by atoms with Gasteiger partial charge in [0.05, 0.1) is 24.9 Å². The first-order valence-electron chi connectivity index (χ1n) is 6.93. The largest absolute Gasteiger partial charge is 0.394 e. The van der Waals surface area contributed by atoms with Gasteiger partial charge in [-0.1, -0.05) is 6.92 Å². The Bertz CT molecular complexity index is 340. The molecule has 1 unspecified atom stereocenters. The lowest BCUT2D eigenvalue weighted by molar-refractivity contribution is -0.134. The number of carbonyl (C=O) groups is 2. The summed E-state index contributed by atoms with van der Waals surface area (Å²) in [6.07, 6.45) is 0.331. The van der Waals surface area contributed by atoms with Gasteiger partial charge in [0.25, 0.3) is 0 Å². The molecule has 0 spiro atoms. The minimum Gasteiger partial charge on any atom is -0.394 e. The van der Waals surface area contributed by atoms with Crippen LogP contribution in [-0.4, -0.2) is 47.3 Å². The summed E-state index contributed by atoms with van der Waals surface area (Å²) < 4.78 is 5.50. The minimum atomic E-state index is -0.978. The zero-order valence-electron chi connectivity index (χ0n) is 13.4. The van der Waals surface area contributed by atoms with Crippen molar-refractivity contribution in [1.82, 2.24) is 10.6 Å². The fourth-order valence-corrected chi connectivity index (χ4v) is 1.48. The van der Waals surface area contributed by atoms with E-state index < -0.39 is 11.1 Å². The summed E-state index contributed by atoms with van der Waals surface area (Å²) in [7, 11) is 0. The van der Waals surface area contributed by atoms with Crippen molar-refractivity contribution in [3.8, 4) is 0 Å². The zero-order valence-corrected chi connectivity index (χ0v) is 13.4. The van der Waals surface area contributed by atoms with E-state index in [2.05, 4.69) is 10.6 Å². The summed E-state index contributed by atoms with van der Waals surface area (Å²) in [6.45, 7) is 10.7. The van der Waals surface area contributed by atoms with Gasteiger partial charge in [-0.05, 0) is 34.6 Å². The van der Waals surface area contributed by atoms with Crippen molar-refractivity contribution >= 4 is 11.8 Å². The van der Waals surface area contributed by atoms with Crippen LogP contribution in [0, 0.1) is 0 Å². The molecule has 6 nitrogen and oxygen atoms in total. The zero-order chi connectivity index (χ0) is 16.0. The number of amides is 2. The lowest BCUT2D eigenvalue weighted by Crippen LogP contribution is -2.59. The smallest absolute Gasteiger partial charge is 0.245 e. The molecule has 3 N–H and O–H groups in total. The van der Waals surface area contributed by atoms with Crippen molar-refractivity contribution < 1.29 is 19.4 Å². The molecule has 0 aromatic carbocycles. The number of carbonyl (C=O) groups excluding carboxylic acids is 2. The first-order chi connectivity index (χ1) is 9.06. The van der Waals surface area contributed by atoms with Gasteiger partial charge in [0, 0.05) is 6.42 Å². The Labute approximate surface area is 121 Å². The van der Waals surface area contributed by atoms with Gasteiger partial charge < -0.3 is 20.5 Å². The predicted molar refractivity (Wildman–Crippen MR) is 77.2 cm³/mol. The van der Waals surface area contributed by atoms with E-state index in [1.54, 1.807) is 20.8 Å². The molecule has 0 fully saturated rings. The Hall–Kier alpha value is -1.14. The third kappa shape index (κ3) is 5.88. The monoisotopic (exact) mass is 288 g/mol. The van der Waals surface area contributed by atoms with Crippen molar-refractivity contribution in [3.05, 3.63) is 0 Å². The van der Waals surface area contributed by atoms with E-state index in [1.807, 2.05) is 20.8 Å². The molecule has 0 saturated carbocycles. The lowest BCUT2D eigenvalue weighted by Gasteiger charge is -2.35. The average molecular weight is 288 g/mol. The average Bonchev–Trinajstić information content (AvgIpc) is 2.35. The highest BCUT2D eigenvalue weighted by Crippen LogP contribution is 2.15. The molecule has 0 aliphatic rings. The van der Waals surface area contributed by atoms with Crippen molar-refractivity contribution in [3.63, 3.8) is 0 Å². The summed E-state index contributed by atoms with van der Waals surface area (Å²) in [4.78, 5) is 23.6. The van der Waals surface area contributed by atoms with Gasteiger partial charge in [-0.15, -0.1) is 0 Å². The van der Waals surface area contributed by atoms with Crippen LogP contribution in [0.3, 0.4) is 0 Å². The van der Waals surface area contributed by atoms with Crippen LogP contribution >= 0.6 is 0 Å². The maximum absolute atomic E-state index is 12.2. The molecular formula is C14H28N2O4. The van der Waals surface area contributed by atoms with Gasteiger partial charge in [0.1, 0.15) is 5.54 Å². The van der Waals surface area contributed by atoms with Crippen LogP contribution in [0.2, 0.25) is 0 Å². The molecule has 0 bridgehead atoms. The molecule has 0 aromatic heterocycles. The summed E-state index contributed by atoms with van der Waals surface area (Å²) in [5.74, 6) is -0.443. The topological polar surface area (TPSA) is 87.7 Å². The van der Waals surface area contributed by atoms with Gasteiger partial charge in [0.15, 0.2) is 0 Å². The molecule has 20 heavy (non-hydrogen) atoms.